The molecule has 0 bridgehead atoms. The second-order valence-electron chi connectivity index (χ2n) is 6.42. The van der Waals surface area contributed by atoms with Gasteiger partial charge in [0.1, 0.15) is 0 Å². The molecule has 0 unspecified atom stereocenters. The predicted molar refractivity (Wildman–Crippen MR) is 109 cm³/mol. The van der Waals surface area contributed by atoms with E-state index in [0.717, 1.165) is 5.56 Å². The van der Waals surface area contributed by atoms with Crippen LogP contribution in [0.4, 0.5) is 0 Å². The zero-order valence-electron chi connectivity index (χ0n) is 15.4. The van der Waals surface area contributed by atoms with Gasteiger partial charge in [-0.05, 0) is 50.0 Å². The summed E-state index contributed by atoms with van der Waals surface area (Å²) in [6, 6.07) is 13.4. The first-order valence-corrected chi connectivity index (χ1v) is 9.57. The van der Waals surface area contributed by atoms with E-state index in [4.69, 9.17) is 0 Å². The third-order valence-electron chi connectivity index (χ3n) is 4.04. The average molecular weight is 408 g/mol. The Morgan fingerprint density at radius 1 is 1.04 bits per heavy atom. The molecule has 0 spiro atoms. The van der Waals surface area contributed by atoms with E-state index in [1.807, 2.05) is 19.0 Å². The summed E-state index contributed by atoms with van der Waals surface area (Å²) in [5.41, 5.74) is 1.29. The lowest BCUT2D eigenvalue weighted by atomic mass is 10.2. The first kappa shape index (κ1) is 21.0. The molecule has 0 saturated heterocycles. The minimum atomic E-state index is -3.81. The molecular formula is C19H22ClN3O3S. The Morgan fingerprint density at radius 3 is 2.33 bits per heavy atom. The van der Waals surface area contributed by atoms with E-state index >= 15 is 0 Å². The highest BCUT2D eigenvalue weighted by atomic mass is 35.5. The summed E-state index contributed by atoms with van der Waals surface area (Å²) in [7, 11) is 1.65. The molecule has 144 valence electrons. The normalized spacial score (nSPS) is 11.4. The number of pyridine rings is 1. The van der Waals surface area contributed by atoms with Crippen LogP contribution in [0, 0.1) is 0 Å². The molecule has 2 heterocycles. The second-order valence-corrected chi connectivity index (χ2v) is 8.24. The molecule has 2 aromatic heterocycles. The molecule has 0 saturated carbocycles. The number of aryl methyl sites for hydroxylation is 1. The lowest BCUT2D eigenvalue weighted by Gasteiger charge is -2.11. The molecule has 0 amide bonds. The molecule has 1 aromatic carbocycles. The number of nitrogens with zero attached hydrogens (tertiary/aromatic N) is 3. The van der Waals surface area contributed by atoms with Crippen LogP contribution in [-0.4, -0.2) is 36.0 Å². The van der Waals surface area contributed by atoms with Crippen LogP contribution in [0.3, 0.4) is 0 Å². The van der Waals surface area contributed by atoms with Gasteiger partial charge in [-0.3, -0.25) is 4.79 Å². The highest BCUT2D eigenvalue weighted by Crippen LogP contribution is 2.25. The number of hydrogen-bond acceptors (Lipinski definition) is 4. The van der Waals surface area contributed by atoms with E-state index < -0.39 is 10.0 Å². The van der Waals surface area contributed by atoms with Gasteiger partial charge in [-0.1, -0.05) is 18.2 Å². The quantitative estimate of drug-likeness (QED) is 0.652. The molecule has 0 N–H and O–H groups in total. The zero-order valence-corrected chi connectivity index (χ0v) is 17.0. The fraction of sp³-hybridized carbons (Fsp3) is 0.211. The fourth-order valence-corrected chi connectivity index (χ4v) is 4.25. The SMILES string of the molecule is CN(C)Cc1cc(-c2cccn(C)c2=O)n(S(=O)(=O)c2ccccc2)c1.Cl. The van der Waals surface area contributed by atoms with E-state index in [1.165, 1.54) is 8.54 Å². The van der Waals surface area contributed by atoms with E-state index in [2.05, 4.69) is 0 Å². The molecule has 0 aliphatic rings. The monoisotopic (exact) mass is 407 g/mol. The van der Waals surface area contributed by atoms with Crippen molar-refractivity contribution in [2.24, 2.45) is 7.05 Å². The van der Waals surface area contributed by atoms with Gasteiger partial charge in [-0.2, -0.15) is 0 Å². The lowest BCUT2D eigenvalue weighted by molar-refractivity contribution is 0.402. The molecule has 0 aliphatic heterocycles. The van der Waals surface area contributed by atoms with Crippen molar-refractivity contribution < 1.29 is 8.42 Å². The summed E-state index contributed by atoms with van der Waals surface area (Å²) in [5, 5.41) is 0. The van der Waals surface area contributed by atoms with Crippen LogP contribution in [0.25, 0.3) is 11.3 Å². The molecule has 0 aliphatic carbocycles. The third-order valence-corrected chi connectivity index (χ3v) is 5.73. The lowest BCUT2D eigenvalue weighted by Crippen LogP contribution is -2.20. The van der Waals surface area contributed by atoms with Gasteiger partial charge < -0.3 is 9.47 Å². The molecule has 0 atom stereocenters. The number of rotatable bonds is 5. The van der Waals surface area contributed by atoms with E-state index in [9.17, 15) is 13.2 Å². The van der Waals surface area contributed by atoms with Crippen LogP contribution in [-0.2, 0) is 23.6 Å². The van der Waals surface area contributed by atoms with Gasteiger partial charge in [0, 0.05) is 26.0 Å². The summed E-state index contributed by atoms with van der Waals surface area (Å²) >= 11 is 0. The van der Waals surface area contributed by atoms with E-state index in [1.54, 1.807) is 68.0 Å². The fourth-order valence-electron chi connectivity index (χ4n) is 2.84. The first-order chi connectivity index (χ1) is 12.3. The topological polar surface area (TPSA) is 64.3 Å². The number of hydrogen-bond donors (Lipinski definition) is 0. The third kappa shape index (κ3) is 4.16. The highest BCUT2D eigenvalue weighted by molar-refractivity contribution is 7.90. The van der Waals surface area contributed by atoms with Crippen LogP contribution in [0.5, 0.6) is 0 Å². The minimum Gasteiger partial charge on any atom is -0.318 e. The van der Waals surface area contributed by atoms with Gasteiger partial charge >= 0.3 is 0 Å². The van der Waals surface area contributed by atoms with E-state index in [-0.39, 0.29) is 22.9 Å². The van der Waals surface area contributed by atoms with Crippen molar-refractivity contribution in [3.05, 3.63) is 76.8 Å². The molecule has 27 heavy (non-hydrogen) atoms. The van der Waals surface area contributed by atoms with Crippen LogP contribution in [0.1, 0.15) is 5.56 Å². The largest absolute Gasteiger partial charge is 0.318 e. The van der Waals surface area contributed by atoms with Gasteiger partial charge in [0.2, 0.25) is 0 Å². The maximum Gasteiger partial charge on any atom is 0.268 e. The van der Waals surface area contributed by atoms with Crippen LogP contribution in [0.2, 0.25) is 0 Å². The predicted octanol–water partition coefficient (Wildman–Crippen LogP) is 2.57. The maximum atomic E-state index is 13.2. The Bertz CT molecular complexity index is 1090. The molecule has 8 heteroatoms. The van der Waals surface area contributed by atoms with Crippen molar-refractivity contribution in [2.75, 3.05) is 14.1 Å². The highest BCUT2D eigenvalue weighted by Gasteiger charge is 2.23. The van der Waals surface area contributed by atoms with Crippen molar-refractivity contribution in [3.8, 4) is 11.3 Å². The van der Waals surface area contributed by atoms with Crippen LogP contribution >= 0.6 is 12.4 Å². The summed E-state index contributed by atoms with van der Waals surface area (Å²) in [5.74, 6) is 0. The Morgan fingerprint density at radius 2 is 1.70 bits per heavy atom. The molecule has 0 radical (unpaired) electrons. The molecule has 6 nitrogen and oxygen atoms in total. The second kappa shape index (κ2) is 8.12. The summed E-state index contributed by atoms with van der Waals surface area (Å²) in [6.07, 6.45) is 3.23. The van der Waals surface area contributed by atoms with Gasteiger partial charge in [0.15, 0.2) is 0 Å². The van der Waals surface area contributed by atoms with Crippen molar-refractivity contribution in [2.45, 2.75) is 11.4 Å². The standard InChI is InChI=1S/C19H21N3O3S.ClH/c1-20(2)13-15-12-18(17-10-7-11-21(3)19(17)23)22(14-15)26(24,25)16-8-5-4-6-9-16;/h4-12,14H,13H2,1-3H3;1H. The van der Waals surface area contributed by atoms with Crippen molar-refractivity contribution in [1.29, 1.82) is 0 Å². The maximum absolute atomic E-state index is 13.2. The Labute approximate surface area is 165 Å². The summed E-state index contributed by atoms with van der Waals surface area (Å²) in [6.45, 7) is 0.567. The number of halogens is 1. The minimum absolute atomic E-state index is 0. The van der Waals surface area contributed by atoms with Gasteiger partial charge in [-0.15, -0.1) is 12.4 Å². The molecule has 3 rings (SSSR count). The van der Waals surface area contributed by atoms with Crippen molar-refractivity contribution in [3.63, 3.8) is 0 Å². The number of aromatic nitrogens is 2. The van der Waals surface area contributed by atoms with Gasteiger partial charge in [-0.25, -0.2) is 12.4 Å². The van der Waals surface area contributed by atoms with Gasteiger partial charge in [0.05, 0.1) is 16.2 Å². The van der Waals surface area contributed by atoms with Crippen LogP contribution < -0.4 is 5.56 Å². The zero-order chi connectivity index (χ0) is 18.9. The van der Waals surface area contributed by atoms with Gasteiger partial charge in [0.25, 0.3) is 15.6 Å². The Balaban J connectivity index is 0.00000261. The molecule has 0 fully saturated rings. The first-order valence-electron chi connectivity index (χ1n) is 8.13. The van der Waals surface area contributed by atoms with Crippen molar-refractivity contribution in [1.82, 2.24) is 13.4 Å². The Hall–Kier alpha value is -2.35. The molecular weight excluding hydrogens is 386 g/mol. The summed E-state index contributed by atoms with van der Waals surface area (Å²) < 4.78 is 29.0. The molecule has 3 aromatic rings. The number of benzene rings is 1. The van der Waals surface area contributed by atoms with E-state index in [0.29, 0.717) is 17.8 Å². The van der Waals surface area contributed by atoms with Crippen LogP contribution in [0.15, 0.2) is 70.6 Å². The average Bonchev–Trinajstić information content (AvgIpc) is 3.02. The van der Waals surface area contributed by atoms with Crippen molar-refractivity contribution >= 4 is 22.4 Å². The smallest absolute Gasteiger partial charge is 0.268 e. The summed E-state index contributed by atoms with van der Waals surface area (Å²) in [4.78, 5) is 14.7. The Kier molecular flexibility index (Phi) is 6.30.